The fourth-order valence-electron chi connectivity index (χ4n) is 1.47. The molecule has 3 N–H and O–H groups in total. The van der Waals surface area contributed by atoms with Crippen LogP contribution in [0.4, 0.5) is 4.39 Å². The summed E-state index contributed by atoms with van der Waals surface area (Å²) in [6.07, 6.45) is 0.104. The Bertz CT molecular complexity index is 395. The molecule has 0 radical (unpaired) electrons. The predicted molar refractivity (Wildman–Crippen MR) is 61.3 cm³/mol. The molecule has 0 saturated carbocycles. The monoisotopic (exact) mass is 241 g/mol. The average molecular weight is 241 g/mol. The van der Waals surface area contributed by atoms with Crippen LogP contribution in [0.25, 0.3) is 0 Å². The molecule has 0 spiro atoms. The molecule has 0 heterocycles. The number of ether oxygens (including phenoxy) is 1. The molecule has 1 atom stereocenters. The van der Waals surface area contributed by atoms with Crippen molar-refractivity contribution in [1.29, 1.82) is 0 Å². The van der Waals surface area contributed by atoms with E-state index in [2.05, 4.69) is 0 Å². The summed E-state index contributed by atoms with van der Waals surface area (Å²) in [6, 6.07) is 4.00. The lowest BCUT2D eigenvalue weighted by molar-refractivity contribution is -0.145. The van der Waals surface area contributed by atoms with Crippen molar-refractivity contribution in [3.63, 3.8) is 0 Å². The van der Waals surface area contributed by atoms with E-state index in [-0.39, 0.29) is 12.3 Å². The molecular formula is C12H16FNO3. The van der Waals surface area contributed by atoms with Crippen LogP contribution in [0.3, 0.4) is 0 Å². The number of carboxylic acids is 1. The van der Waals surface area contributed by atoms with Crippen LogP contribution >= 0.6 is 0 Å². The highest BCUT2D eigenvalue weighted by Gasteiger charge is 2.18. The van der Waals surface area contributed by atoms with Gasteiger partial charge in [-0.15, -0.1) is 0 Å². The van der Waals surface area contributed by atoms with Gasteiger partial charge in [-0.05, 0) is 24.1 Å². The van der Waals surface area contributed by atoms with Crippen molar-refractivity contribution in [1.82, 2.24) is 0 Å². The highest BCUT2D eigenvalue weighted by Crippen LogP contribution is 2.19. The fourth-order valence-corrected chi connectivity index (χ4v) is 1.47. The second-order valence-corrected chi connectivity index (χ2v) is 3.73. The second kappa shape index (κ2) is 6.20. The predicted octanol–water partition coefficient (Wildman–Crippen LogP) is 1.92. The van der Waals surface area contributed by atoms with Crippen molar-refractivity contribution in [3.05, 3.63) is 29.6 Å². The first-order valence-corrected chi connectivity index (χ1v) is 5.45. The van der Waals surface area contributed by atoms with E-state index in [9.17, 15) is 9.18 Å². The maximum atomic E-state index is 13.2. The Kier molecular flexibility index (Phi) is 4.90. The van der Waals surface area contributed by atoms with Gasteiger partial charge in [-0.3, -0.25) is 0 Å². The lowest BCUT2D eigenvalue weighted by atomic mass is 10.2. The van der Waals surface area contributed by atoms with Gasteiger partial charge in [0.1, 0.15) is 11.6 Å². The molecule has 0 bridgehead atoms. The van der Waals surface area contributed by atoms with Gasteiger partial charge in [0.05, 0.1) is 0 Å². The maximum absolute atomic E-state index is 13.2. The van der Waals surface area contributed by atoms with Gasteiger partial charge in [0, 0.05) is 12.6 Å². The van der Waals surface area contributed by atoms with E-state index < -0.39 is 17.9 Å². The Morgan fingerprint density at radius 2 is 2.24 bits per heavy atom. The van der Waals surface area contributed by atoms with Crippen LogP contribution in [0.5, 0.6) is 5.75 Å². The lowest BCUT2D eigenvalue weighted by Gasteiger charge is -2.15. The summed E-state index contributed by atoms with van der Waals surface area (Å²) in [5.41, 5.74) is 5.97. The van der Waals surface area contributed by atoms with Crippen molar-refractivity contribution in [2.75, 3.05) is 0 Å². The number of carboxylic acid groups (broad SMARTS) is 1. The quantitative estimate of drug-likeness (QED) is 0.798. The zero-order chi connectivity index (χ0) is 12.8. The van der Waals surface area contributed by atoms with Gasteiger partial charge in [-0.25, -0.2) is 9.18 Å². The number of aliphatic carboxylic acids is 1. The van der Waals surface area contributed by atoms with Gasteiger partial charge in [0.2, 0.25) is 0 Å². The summed E-state index contributed by atoms with van der Waals surface area (Å²) in [4.78, 5) is 10.9. The SMILES string of the molecule is CCCC(Oc1cc(F)cc(CN)c1)C(=O)O. The van der Waals surface area contributed by atoms with Gasteiger partial charge >= 0.3 is 5.97 Å². The topological polar surface area (TPSA) is 72.5 Å². The summed E-state index contributed by atoms with van der Waals surface area (Å²) < 4.78 is 18.4. The molecule has 0 saturated heterocycles. The first-order valence-electron chi connectivity index (χ1n) is 5.45. The van der Waals surface area contributed by atoms with Crippen LogP contribution < -0.4 is 10.5 Å². The standard InChI is InChI=1S/C12H16FNO3/c1-2-3-11(12(15)16)17-10-5-8(7-14)4-9(13)6-10/h4-6,11H,2-3,7,14H2,1H3,(H,15,16). The largest absolute Gasteiger partial charge is 0.479 e. The lowest BCUT2D eigenvalue weighted by Crippen LogP contribution is -2.26. The summed E-state index contributed by atoms with van der Waals surface area (Å²) in [5.74, 6) is -1.33. The smallest absolute Gasteiger partial charge is 0.344 e. The Morgan fingerprint density at radius 1 is 1.53 bits per heavy atom. The molecule has 5 heteroatoms. The van der Waals surface area contributed by atoms with E-state index in [0.29, 0.717) is 18.4 Å². The number of carbonyl (C=O) groups is 1. The first-order chi connectivity index (χ1) is 8.06. The van der Waals surface area contributed by atoms with E-state index in [0.717, 1.165) is 6.07 Å². The van der Waals surface area contributed by atoms with Gasteiger partial charge in [0.15, 0.2) is 6.10 Å². The molecule has 1 aromatic carbocycles. The summed E-state index contributed by atoms with van der Waals surface area (Å²) >= 11 is 0. The third-order valence-corrected chi connectivity index (χ3v) is 2.27. The molecule has 0 fully saturated rings. The van der Waals surface area contributed by atoms with Crippen molar-refractivity contribution in [3.8, 4) is 5.75 Å². The minimum atomic E-state index is -1.05. The van der Waals surface area contributed by atoms with Crippen molar-refractivity contribution < 1.29 is 19.0 Å². The van der Waals surface area contributed by atoms with Crippen molar-refractivity contribution >= 4 is 5.97 Å². The molecule has 94 valence electrons. The minimum absolute atomic E-state index is 0.180. The van der Waals surface area contributed by atoms with Crippen LogP contribution in [0.1, 0.15) is 25.3 Å². The van der Waals surface area contributed by atoms with E-state index >= 15 is 0 Å². The van der Waals surface area contributed by atoms with E-state index in [1.54, 1.807) is 6.07 Å². The maximum Gasteiger partial charge on any atom is 0.344 e. The number of benzene rings is 1. The molecule has 0 aliphatic rings. The second-order valence-electron chi connectivity index (χ2n) is 3.73. The fraction of sp³-hybridized carbons (Fsp3) is 0.417. The third kappa shape index (κ3) is 4.03. The molecule has 0 aromatic heterocycles. The highest BCUT2D eigenvalue weighted by molar-refractivity contribution is 5.72. The van der Waals surface area contributed by atoms with Crippen LogP contribution in [0.2, 0.25) is 0 Å². The minimum Gasteiger partial charge on any atom is -0.479 e. The molecule has 17 heavy (non-hydrogen) atoms. The summed E-state index contributed by atoms with van der Waals surface area (Å²) in [6.45, 7) is 2.04. The van der Waals surface area contributed by atoms with E-state index in [1.165, 1.54) is 6.07 Å². The van der Waals surface area contributed by atoms with Crippen LogP contribution in [0, 0.1) is 5.82 Å². The number of hydrogen-bond donors (Lipinski definition) is 2. The van der Waals surface area contributed by atoms with E-state index in [1.807, 2.05) is 6.92 Å². The molecule has 0 aliphatic carbocycles. The Labute approximate surface area is 99.2 Å². The molecule has 1 aromatic rings. The van der Waals surface area contributed by atoms with Crippen LogP contribution in [-0.4, -0.2) is 17.2 Å². The van der Waals surface area contributed by atoms with Gasteiger partial charge in [-0.2, -0.15) is 0 Å². The summed E-state index contributed by atoms with van der Waals surface area (Å²) in [5, 5.41) is 8.92. The molecule has 0 aliphatic heterocycles. The number of nitrogens with two attached hydrogens (primary N) is 1. The molecular weight excluding hydrogens is 225 g/mol. The van der Waals surface area contributed by atoms with Crippen LogP contribution in [-0.2, 0) is 11.3 Å². The Morgan fingerprint density at radius 3 is 2.76 bits per heavy atom. The zero-order valence-electron chi connectivity index (χ0n) is 9.65. The third-order valence-electron chi connectivity index (χ3n) is 2.27. The summed E-state index contributed by atoms with van der Waals surface area (Å²) in [7, 11) is 0. The highest BCUT2D eigenvalue weighted by atomic mass is 19.1. The first kappa shape index (κ1) is 13.4. The normalized spacial score (nSPS) is 12.2. The van der Waals surface area contributed by atoms with Crippen molar-refractivity contribution in [2.24, 2.45) is 5.73 Å². The number of hydrogen-bond acceptors (Lipinski definition) is 3. The molecule has 1 rings (SSSR count). The molecule has 4 nitrogen and oxygen atoms in total. The Hall–Kier alpha value is -1.62. The van der Waals surface area contributed by atoms with E-state index in [4.69, 9.17) is 15.6 Å². The number of halogens is 1. The Balaban J connectivity index is 2.84. The zero-order valence-corrected chi connectivity index (χ0v) is 9.65. The van der Waals surface area contributed by atoms with Crippen LogP contribution in [0.15, 0.2) is 18.2 Å². The molecule has 0 amide bonds. The molecule has 1 unspecified atom stereocenters. The average Bonchev–Trinajstić information content (AvgIpc) is 2.27. The van der Waals surface area contributed by atoms with Crippen molar-refractivity contribution in [2.45, 2.75) is 32.4 Å². The van der Waals surface area contributed by atoms with Gasteiger partial charge in [0.25, 0.3) is 0 Å². The number of rotatable bonds is 6. The van der Waals surface area contributed by atoms with Gasteiger partial charge in [-0.1, -0.05) is 13.3 Å². The van der Waals surface area contributed by atoms with Gasteiger partial charge < -0.3 is 15.6 Å².